The number of anilines is 2. The minimum Gasteiger partial charge on any atom is -0.494 e. The van der Waals surface area contributed by atoms with Crippen LogP contribution in [0, 0.1) is 13.8 Å². The number of aryl methyl sites for hydroxylation is 2. The molecule has 35 heavy (non-hydrogen) atoms. The van der Waals surface area contributed by atoms with Crippen molar-refractivity contribution in [1.29, 1.82) is 0 Å². The van der Waals surface area contributed by atoms with Crippen LogP contribution in [0.5, 0.6) is 5.75 Å². The van der Waals surface area contributed by atoms with Crippen LogP contribution in [0.1, 0.15) is 37.6 Å². The molecular formula is C25H28Cl2N6O2. The van der Waals surface area contributed by atoms with Crippen LogP contribution in [0.4, 0.5) is 22.1 Å². The predicted molar refractivity (Wildman–Crippen MR) is 142 cm³/mol. The van der Waals surface area contributed by atoms with Gasteiger partial charge in [-0.1, -0.05) is 43.0 Å². The Bertz CT molecular complexity index is 1160. The second kappa shape index (κ2) is 12.9. The summed E-state index contributed by atoms with van der Waals surface area (Å²) >= 11 is 12.0. The number of rotatable bonds is 8. The molecule has 0 aliphatic heterocycles. The highest BCUT2D eigenvalue weighted by molar-refractivity contribution is 6.42. The molecule has 1 heterocycles. The van der Waals surface area contributed by atoms with Crippen LogP contribution >= 0.6 is 23.2 Å². The molecule has 1 aromatic heterocycles. The topological polar surface area (TPSA) is 101 Å². The molecule has 2 aromatic carbocycles. The number of halogens is 2. The smallest absolute Gasteiger partial charge is 0.326 e. The van der Waals surface area contributed by atoms with Crippen LogP contribution in [0.15, 0.2) is 53.5 Å². The van der Waals surface area contributed by atoms with E-state index in [-0.39, 0.29) is 11.9 Å². The van der Waals surface area contributed by atoms with Gasteiger partial charge in [0, 0.05) is 22.8 Å². The molecular weight excluding hydrogens is 487 g/mol. The number of carbonyl (C=O) groups is 1. The van der Waals surface area contributed by atoms with E-state index in [0.29, 0.717) is 28.0 Å². The molecule has 8 nitrogen and oxygen atoms in total. The van der Waals surface area contributed by atoms with Gasteiger partial charge in [0.25, 0.3) is 5.95 Å². The first-order chi connectivity index (χ1) is 16.8. The van der Waals surface area contributed by atoms with Crippen LogP contribution in [-0.4, -0.2) is 28.6 Å². The highest BCUT2D eigenvalue weighted by Crippen LogP contribution is 2.25. The molecule has 0 fully saturated rings. The number of unbranched alkanes of at least 4 members (excludes halogenated alkanes) is 2. The summed E-state index contributed by atoms with van der Waals surface area (Å²) in [5, 5.41) is 9.23. The summed E-state index contributed by atoms with van der Waals surface area (Å²) in [7, 11) is 0. The van der Waals surface area contributed by atoms with Gasteiger partial charge in [-0.25, -0.2) is 14.8 Å². The Morgan fingerprint density at radius 2 is 1.60 bits per heavy atom. The molecule has 0 bridgehead atoms. The Hall–Kier alpha value is -3.36. The number of amides is 2. The minimum absolute atomic E-state index is 0.143. The summed E-state index contributed by atoms with van der Waals surface area (Å²) < 4.78 is 5.76. The third-order valence-electron chi connectivity index (χ3n) is 4.73. The van der Waals surface area contributed by atoms with Crippen molar-refractivity contribution < 1.29 is 9.53 Å². The first kappa shape index (κ1) is 26.2. The van der Waals surface area contributed by atoms with E-state index in [9.17, 15) is 4.79 Å². The fourth-order valence-corrected chi connectivity index (χ4v) is 3.40. The molecule has 0 aliphatic carbocycles. The molecule has 0 unspecified atom stereocenters. The van der Waals surface area contributed by atoms with Crippen molar-refractivity contribution in [2.75, 3.05) is 17.2 Å². The maximum Gasteiger partial charge on any atom is 0.326 e. The zero-order valence-corrected chi connectivity index (χ0v) is 21.4. The molecule has 3 rings (SSSR count). The van der Waals surface area contributed by atoms with Gasteiger partial charge in [-0.2, -0.15) is 4.99 Å². The third kappa shape index (κ3) is 8.73. The van der Waals surface area contributed by atoms with Crippen molar-refractivity contribution in [1.82, 2.24) is 15.3 Å². The van der Waals surface area contributed by atoms with Crippen LogP contribution in [0.2, 0.25) is 10.0 Å². The van der Waals surface area contributed by atoms with Crippen LogP contribution in [0.25, 0.3) is 0 Å². The number of urea groups is 1. The van der Waals surface area contributed by atoms with Crippen molar-refractivity contribution >= 4 is 52.5 Å². The number of carbonyl (C=O) groups excluding carboxylic acids is 1. The lowest BCUT2D eigenvalue weighted by molar-refractivity contribution is 0.256. The number of hydrogen-bond donors (Lipinski definition) is 3. The van der Waals surface area contributed by atoms with Gasteiger partial charge in [-0.15, -0.1) is 0 Å². The van der Waals surface area contributed by atoms with E-state index in [1.54, 1.807) is 18.2 Å². The molecule has 3 aromatic rings. The number of benzene rings is 2. The summed E-state index contributed by atoms with van der Waals surface area (Å²) in [5.41, 5.74) is 2.70. The van der Waals surface area contributed by atoms with Crippen LogP contribution < -0.4 is 20.7 Å². The Morgan fingerprint density at radius 1 is 0.914 bits per heavy atom. The number of guanidine groups is 1. The van der Waals surface area contributed by atoms with Crippen molar-refractivity contribution in [2.24, 2.45) is 4.99 Å². The van der Waals surface area contributed by atoms with Crippen molar-refractivity contribution in [3.63, 3.8) is 0 Å². The molecule has 0 saturated heterocycles. The Balaban J connectivity index is 1.75. The molecule has 2 amide bonds. The number of aliphatic imine (C=N–C) groups is 1. The zero-order chi connectivity index (χ0) is 25.2. The monoisotopic (exact) mass is 514 g/mol. The van der Waals surface area contributed by atoms with Gasteiger partial charge >= 0.3 is 6.03 Å². The fourth-order valence-electron chi connectivity index (χ4n) is 3.10. The molecule has 10 heteroatoms. The minimum atomic E-state index is -0.533. The van der Waals surface area contributed by atoms with Gasteiger partial charge in [0.1, 0.15) is 5.75 Å². The third-order valence-corrected chi connectivity index (χ3v) is 5.46. The number of nitrogens with zero attached hydrogens (tertiary/aromatic N) is 3. The highest BCUT2D eigenvalue weighted by atomic mass is 35.5. The second-order valence-corrected chi connectivity index (χ2v) is 8.64. The zero-order valence-electron chi connectivity index (χ0n) is 19.9. The largest absolute Gasteiger partial charge is 0.494 e. The standard InChI is InChI=1S/C25H28Cl2N6O2/c1-4-5-6-13-35-20-10-7-18(8-11-20)30-24(32-23-28-16(2)14-17(3)29-23)33-25(34)31-19-9-12-21(26)22(27)15-19/h7-12,14-15H,4-6,13H2,1-3H3,(H3,28,29,30,31,32,33,34). The molecule has 0 spiro atoms. The van der Waals surface area contributed by atoms with Crippen LogP contribution in [0.3, 0.4) is 0 Å². The van der Waals surface area contributed by atoms with E-state index >= 15 is 0 Å². The van der Waals surface area contributed by atoms with Gasteiger partial charge in [0.2, 0.25) is 5.96 Å². The van der Waals surface area contributed by atoms with E-state index in [0.717, 1.165) is 36.4 Å². The molecule has 0 atom stereocenters. The maximum atomic E-state index is 12.7. The van der Waals surface area contributed by atoms with Gasteiger partial charge in [-0.05, 0) is 68.8 Å². The molecule has 3 N–H and O–H groups in total. The SMILES string of the molecule is CCCCCOc1ccc(NC(=Nc2nc(C)cc(C)n2)NC(=O)Nc2ccc(Cl)c(Cl)c2)cc1. The highest BCUT2D eigenvalue weighted by Gasteiger charge is 2.10. The van der Waals surface area contributed by atoms with Crippen molar-refractivity contribution in [3.05, 3.63) is 70.0 Å². The average molecular weight is 515 g/mol. The Kier molecular flexibility index (Phi) is 9.69. The number of aromatic nitrogens is 2. The summed E-state index contributed by atoms with van der Waals surface area (Å²) in [5.74, 6) is 1.13. The maximum absolute atomic E-state index is 12.7. The van der Waals surface area contributed by atoms with Gasteiger partial charge in [0.05, 0.1) is 16.7 Å². The first-order valence-corrected chi connectivity index (χ1v) is 12.0. The Labute approximate surface area is 215 Å². The summed E-state index contributed by atoms with van der Waals surface area (Å²) in [6.45, 7) is 6.53. The molecule has 0 saturated carbocycles. The van der Waals surface area contributed by atoms with Gasteiger partial charge < -0.3 is 15.4 Å². The second-order valence-electron chi connectivity index (χ2n) is 7.82. The van der Waals surface area contributed by atoms with Gasteiger partial charge in [-0.3, -0.25) is 5.32 Å². The lowest BCUT2D eigenvalue weighted by Crippen LogP contribution is -2.38. The predicted octanol–water partition coefficient (Wildman–Crippen LogP) is 6.89. The van der Waals surface area contributed by atoms with Crippen molar-refractivity contribution in [3.8, 4) is 5.75 Å². The Morgan fingerprint density at radius 3 is 2.26 bits per heavy atom. The quantitative estimate of drug-likeness (QED) is 0.172. The molecule has 0 aliphatic rings. The normalized spacial score (nSPS) is 11.2. The van der Waals surface area contributed by atoms with E-state index in [4.69, 9.17) is 27.9 Å². The van der Waals surface area contributed by atoms with Crippen LogP contribution in [-0.2, 0) is 0 Å². The number of nitrogens with one attached hydrogen (secondary N) is 3. The van der Waals surface area contributed by atoms with Crippen molar-refractivity contribution in [2.45, 2.75) is 40.0 Å². The molecule has 0 radical (unpaired) electrons. The molecule has 184 valence electrons. The summed E-state index contributed by atoms with van der Waals surface area (Å²) in [4.78, 5) is 25.8. The lowest BCUT2D eigenvalue weighted by Gasteiger charge is -2.13. The van der Waals surface area contributed by atoms with E-state index in [1.165, 1.54) is 0 Å². The van der Waals surface area contributed by atoms with E-state index in [2.05, 4.69) is 37.8 Å². The summed E-state index contributed by atoms with van der Waals surface area (Å²) in [6, 6.07) is 13.5. The van der Waals surface area contributed by atoms with Gasteiger partial charge in [0.15, 0.2) is 0 Å². The first-order valence-electron chi connectivity index (χ1n) is 11.3. The van der Waals surface area contributed by atoms with E-state index < -0.39 is 6.03 Å². The number of ether oxygens (including phenoxy) is 1. The number of hydrogen-bond acceptors (Lipinski definition) is 5. The summed E-state index contributed by atoms with van der Waals surface area (Å²) in [6.07, 6.45) is 3.29. The average Bonchev–Trinajstić information content (AvgIpc) is 2.79. The fraction of sp³-hybridized carbons (Fsp3) is 0.280. The lowest BCUT2D eigenvalue weighted by atomic mass is 10.2. The van der Waals surface area contributed by atoms with E-state index in [1.807, 2.05) is 44.2 Å².